The van der Waals surface area contributed by atoms with Crippen molar-refractivity contribution in [3.05, 3.63) is 30.3 Å². The van der Waals surface area contributed by atoms with E-state index >= 15 is 0 Å². The fraction of sp³-hybridized carbons (Fsp3) is 0.429. The summed E-state index contributed by atoms with van der Waals surface area (Å²) in [6.07, 6.45) is 0. The summed E-state index contributed by atoms with van der Waals surface area (Å²) >= 11 is 0. The topological polar surface area (TPSA) is 70.2 Å². The first-order valence-electron chi connectivity index (χ1n) is 6.23. The molecule has 0 heterocycles. The second-order valence-corrected chi connectivity index (χ2v) is 4.96. The van der Waals surface area contributed by atoms with Gasteiger partial charge in [0.05, 0.1) is 12.0 Å². The van der Waals surface area contributed by atoms with E-state index < -0.39 is 5.41 Å². The smallest absolute Gasteiger partial charge is 0.239 e. The maximum absolute atomic E-state index is 11.7. The van der Waals surface area contributed by atoms with Gasteiger partial charge in [-0.3, -0.25) is 9.59 Å². The number of para-hydroxylation sites is 1. The van der Waals surface area contributed by atoms with Crippen LogP contribution in [0, 0.1) is 5.41 Å². The van der Waals surface area contributed by atoms with Gasteiger partial charge >= 0.3 is 0 Å². The van der Waals surface area contributed by atoms with Crippen molar-refractivity contribution in [2.45, 2.75) is 13.8 Å². The zero-order valence-electron chi connectivity index (χ0n) is 11.6. The summed E-state index contributed by atoms with van der Waals surface area (Å²) in [6, 6.07) is 9.49. The molecule has 1 aromatic carbocycles. The molecule has 0 radical (unpaired) electrons. The molecule has 5 heteroatoms. The van der Waals surface area contributed by atoms with Crippen LogP contribution >= 0.6 is 0 Å². The molecular formula is C14H21N3O2. The fourth-order valence-electron chi connectivity index (χ4n) is 1.54. The molecule has 0 aliphatic rings. The lowest BCUT2D eigenvalue weighted by Crippen LogP contribution is -2.44. The quantitative estimate of drug-likeness (QED) is 0.716. The van der Waals surface area contributed by atoms with Crippen molar-refractivity contribution in [3.63, 3.8) is 0 Å². The van der Waals surface area contributed by atoms with Gasteiger partial charge in [-0.2, -0.15) is 0 Å². The molecule has 5 nitrogen and oxygen atoms in total. The molecule has 1 rings (SSSR count). The van der Waals surface area contributed by atoms with Gasteiger partial charge in [-0.1, -0.05) is 18.2 Å². The average molecular weight is 263 g/mol. The average Bonchev–Trinajstić information content (AvgIpc) is 2.43. The van der Waals surface area contributed by atoms with E-state index in [2.05, 4.69) is 16.0 Å². The van der Waals surface area contributed by atoms with Crippen LogP contribution in [0.3, 0.4) is 0 Å². The van der Waals surface area contributed by atoms with E-state index in [4.69, 9.17) is 0 Å². The largest absolute Gasteiger partial charge is 0.376 e. The summed E-state index contributed by atoms with van der Waals surface area (Å²) in [5.74, 6) is -0.232. The zero-order chi connectivity index (χ0) is 14.3. The molecule has 0 spiro atoms. The molecule has 2 amide bonds. The third-order valence-electron chi connectivity index (χ3n) is 2.80. The van der Waals surface area contributed by atoms with Crippen molar-refractivity contribution in [1.82, 2.24) is 10.6 Å². The maximum Gasteiger partial charge on any atom is 0.239 e. The first-order valence-corrected chi connectivity index (χ1v) is 6.23. The molecule has 0 unspecified atom stereocenters. The Labute approximate surface area is 113 Å². The highest BCUT2D eigenvalue weighted by molar-refractivity contribution is 5.84. The van der Waals surface area contributed by atoms with Crippen molar-refractivity contribution < 1.29 is 9.59 Å². The summed E-state index contributed by atoms with van der Waals surface area (Å²) in [7, 11) is 1.59. The van der Waals surface area contributed by atoms with Crippen LogP contribution in [-0.4, -0.2) is 32.0 Å². The second kappa shape index (κ2) is 6.78. The highest BCUT2D eigenvalue weighted by Crippen LogP contribution is 2.12. The van der Waals surface area contributed by atoms with Crippen molar-refractivity contribution in [1.29, 1.82) is 0 Å². The lowest BCUT2D eigenvalue weighted by atomic mass is 9.92. The summed E-state index contributed by atoms with van der Waals surface area (Å²) in [5.41, 5.74) is 0.278. The van der Waals surface area contributed by atoms with E-state index in [9.17, 15) is 9.59 Å². The van der Waals surface area contributed by atoms with E-state index in [1.807, 2.05) is 30.3 Å². The molecule has 0 saturated heterocycles. The summed E-state index contributed by atoms with van der Waals surface area (Å²) in [5, 5.41) is 8.34. The van der Waals surface area contributed by atoms with Crippen LogP contribution in [0.5, 0.6) is 0 Å². The first kappa shape index (κ1) is 15.0. The third kappa shape index (κ3) is 4.99. The van der Waals surface area contributed by atoms with E-state index in [0.29, 0.717) is 6.54 Å². The summed E-state index contributed by atoms with van der Waals surface area (Å²) in [6.45, 7) is 4.07. The van der Waals surface area contributed by atoms with Gasteiger partial charge in [0.15, 0.2) is 0 Å². The number of rotatable bonds is 6. The number of hydrogen-bond acceptors (Lipinski definition) is 3. The Morgan fingerprint density at radius 2 is 1.79 bits per heavy atom. The standard InChI is InChI=1S/C14H21N3O2/c1-14(2,13(19)15-3)10-17-12(18)9-16-11-7-5-4-6-8-11/h4-8,16H,9-10H2,1-3H3,(H,15,19)(H,17,18). The minimum atomic E-state index is -0.614. The van der Waals surface area contributed by atoms with Crippen molar-refractivity contribution in [2.24, 2.45) is 5.41 Å². The van der Waals surface area contributed by atoms with Crippen LogP contribution in [0.2, 0.25) is 0 Å². The molecular weight excluding hydrogens is 242 g/mol. The number of hydrogen-bond donors (Lipinski definition) is 3. The molecule has 0 aromatic heterocycles. The summed E-state index contributed by atoms with van der Waals surface area (Å²) in [4.78, 5) is 23.2. The predicted molar refractivity (Wildman–Crippen MR) is 75.8 cm³/mol. The number of carbonyl (C=O) groups is 2. The minimum Gasteiger partial charge on any atom is -0.376 e. The van der Waals surface area contributed by atoms with Crippen LogP contribution in [-0.2, 0) is 9.59 Å². The molecule has 104 valence electrons. The first-order chi connectivity index (χ1) is 8.95. The van der Waals surface area contributed by atoms with Gasteiger partial charge in [0.25, 0.3) is 0 Å². The number of nitrogens with one attached hydrogen (secondary N) is 3. The Kier molecular flexibility index (Phi) is 5.36. The van der Waals surface area contributed by atoms with Crippen LogP contribution in [0.4, 0.5) is 5.69 Å². The Balaban J connectivity index is 2.34. The highest BCUT2D eigenvalue weighted by Gasteiger charge is 2.26. The van der Waals surface area contributed by atoms with E-state index in [0.717, 1.165) is 5.69 Å². The van der Waals surface area contributed by atoms with E-state index in [-0.39, 0.29) is 18.4 Å². The molecule has 0 aliphatic carbocycles. The SMILES string of the molecule is CNC(=O)C(C)(C)CNC(=O)CNc1ccccc1. The van der Waals surface area contributed by atoms with Gasteiger partial charge in [0.2, 0.25) is 11.8 Å². The number of benzene rings is 1. The zero-order valence-corrected chi connectivity index (χ0v) is 11.6. The van der Waals surface area contributed by atoms with Gasteiger partial charge < -0.3 is 16.0 Å². The predicted octanol–water partition coefficient (Wildman–Crippen LogP) is 0.987. The third-order valence-corrected chi connectivity index (χ3v) is 2.80. The van der Waals surface area contributed by atoms with Gasteiger partial charge in [-0.25, -0.2) is 0 Å². The van der Waals surface area contributed by atoms with Crippen molar-refractivity contribution >= 4 is 17.5 Å². The van der Waals surface area contributed by atoms with E-state index in [1.54, 1.807) is 20.9 Å². The molecule has 0 bridgehead atoms. The Bertz CT molecular complexity index is 430. The van der Waals surface area contributed by atoms with E-state index in [1.165, 1.54) is 0 Å². The van der Waals surface area contributed by atoms with Gasteiger partial charge in [0.1, 0.15) is 0 Å². The highest BCUT2D eigenvalue weighted by atomic mass is 16.2. The van der Waals surface area contributed by atoms with Gasteiger partial charge in [-0.15, -0.1) is 0 Å². The van der Waals surface area contributed by atoms with Crippen LogP contribution in [0.15, 0.2) is 30.3 Å². The second-order valence-electron chi connectivity index (χ2n) is 4.96. The minimum absolute atomic E-state index is 0.0937. The summed E-state index contributed by atoms with van der Waals surface area (Å²) < 4.78 is 0. The number of anilines is 1. The Hall–Kier alpha value is -2.04. The van der Waals surface area contributed by atoms with Crippen LogP contribution in [0.25, 0.3) is 0 Å². The molecule has 3 N–H and O–H groups in total. The van der Waals surface area contributed by atoms with Crippen LogP contribution in [0.1, 0.15) is 13.8 Å². The fourth-order valence-corrected chi connectivity index (χ4v) is 1.54. The molecule has 0 aliphatic heterocycles. The molecule has 0 fully saturated rings. The Morgan fingerprint density at radius 3 is 2.37 bits per heavy atom. The Morgan fingerprint density at radius 1 is 1.16 bits per heavy atom. The molecule has 1 aromatic rings. The van der Waals surface area contributed by atoms with Crippen molar-refractivity contribution in [3.8, 4) is 0 Å². The molecule has 0 saturated carbocycles. The van der Waals surface area contributed by atoms with Crippen LogP contribution < -0.4 is 16.0 Å². The monoisotopic (exact) mass is 263 g/mol. The number of carbonyl (C=O) groups excluding carboxylic acids is 2. The maximum atomic E-state index is 11.7. The number of amides is 2. The molecule has 0 atom stereocenters. The lowest BCUT2D eigenvalue weighted by molar-refractivity contribution is -0.129. The molecule has 19 heavy (non-hydrogen) atoms. The van der Waals surface area contributed by atoms with Gasteiger partial charge in [0, 0.05) is 19.3 Å². The van der Waals surface area contributed by atoms with Gasteiger partial charge in [-0.05, 0) is 26.0 Å². The normalized spacial score (nSPS) is 10.7. The lowest BCUT2D eigenvalue weighted by Gasteiger charge is -2.22. The van der Waals surface area contributed by atoms with Crippen molar-refractivity contribution in [2.75, 3.05) is 25.5 Å².